The highest BCUT2D eigenvalue weighted by molar-refractivity contribution is 9.10. The summed E-state index contributed by atoms with van der Waals surface area (Å²) in [6.45, 7) is 1.48. The zero-order chi connectivity index (χ0) is 15.8. The molecule has 0 bridgehead atoms. The molecule has 3 N–H and O–H groups in total. The third kappa shape index (κ3) is 3.34. The molecule has 0 aliphatic rings. The maximum Gasteiger partial charge on any atom is 0.335 e. The summed E-state index contributed by atoms with van der Waals surface area (Å²) in [6, 6.07) is 3.89. The molecular weight excluding hydrogens is 384 g/mol. The summed E-state index contributed by atoms with van der Waals surface area (Å²) in [6.07, 6.45) is 0. The van der Waals surface area contributed by atoms with Gasteiger partial charge in [-0.1, -0.05) is 11.3 Å². The fourth-order valence-electron chi connectivity index (χ4n) is 1.57. The molecule has 0 atom stereocenters. The van der Waals surface area contributed by atoms with Gasteiger partial charge in [-0.3, -0.25) is 9.52 Å². The molecule has 0 aliphatic carbocycles. The zero-order valence-electron chi connectivity index (χ0n) is 10.5. The number of H-pyrrole nitrogens is 1. The fraction of sp³-hybridized carbons (Fsp3) is 0.0909. The second kappa shape index (κ2) is 5.62. The molecule has 0 saturated carbocycles. The number of aromatic amines is 1. The van der Waals surface area contributed by atoms with E-state index in [0.717, 1.165) is 0 Å². The molecule has 0 unspecified atom stereocenters. The topological polar surface area (TPSA) is 116 Å². The lowest BCUT2D eigenvalue weighted by Crippen LogP contribution is -2.13. The smallest absolute Gasteiger partial charge is 0.335 e. The molecule has 0 saturated heterocycles. The van der Waals surface area contributed by atoms with Gasteiger partial charge in [0.15, 0.2) is 4.21 Å². The Labute approximate surface area is 131 Å². The van der Waals surface area contributed by atoms with Gasteiger partial charge in [-0.15, -0.1) is 0 Å². The van der Waals surface area contributed by atoms with Crippen LogP contribution in [0.2, 0.25) is 0 Å². The van der Waals surface area contributed by atoms with Gasteiger partial charge in [0, 0.05) is 10.2 Å². The quantitative estimate of drug-likeness (QED) is 0.735. The van der Waals surface area contributed by atoms with Crippen LogP contribution in [0, 0.1) is 6.92 Å². The SMILES string of the molecule is Cc1[nH]c(=O)sc1S(=O)(=O)Nc1ccc(C(=O)O)cc1Br. The van der Waals surface area contributed by atoms with Crippen molar-refractivity contribution in [3.05, 3.63) is 43.6 Å². The maximum atomic E-state index is 12.2. The number of hydrogen-bond acceptors (Lipinski definition) is 5. The Kier molecular flexibility index (Phi) is 4.21. The van der Waals surface area contributed by atoms with E-state index in [1.54, 1.807) is 0 Å². The lowest BCUT2D eigenvalue weighted by Gasteiger charge is -2.09. The van der Waals surface area contributed by atoms with Crippen LogP contribution in [0.15, 0.2) is 31.7 Å². The Bertz CT molecular complexity index is 869. The lowest BCUT2D eigenvalue weighted by atomic mass is 10.2. The van der Waals surface area contributed by atoms with Crippen molar-refractivity contribution in [3.63, 3.8) is 0 Å². The summed E-state index contributed by atoms with van der Waals surface area (Å²) >= 11 is 3.69. The van der Waals surface area contributed by atoms with Gasteiger partial charge in [-0.05, 0) is 41.1 Å². The Morgan fingerprint density at radius 3 is 2.57 bits per heavy atom. The van der Waals surface area contributed by atoms with Crippen molar-refractivity contribution in [3.8, 4) is 0 Å². The number of benzene rings is 1. The van der Waals surface area contributed by atoms with Crippen LogP contribution in [0.3, 0.4) is 0 Å². The third-order valence-corrected chi connectivity index (χ3v) is 6.11. The second-order valence-electron chi connectivity index (χ2n) is 4.03. The zero-order valence-corrected chi connectivity index (χ0v) is 13.7. The molecule has 1 aromatic heterocycles. The van der Waals surface area contributed by atoms with Crippen molar-refractivity contribution >= 4 is 48.9 Å². The number of thiazole rings is 1. The first-order chi connectivity index (χ1) is 9.70. The molecule has 7 nitrogen and oxygen atoms in total. The third-order valence-electron chi connectivity index (χ3n) is 2.49. The minimum atomic E-state index is -3.92. The van der Waals surface area contributed by atoms with Gasteiger partial charge in [0.25, 0.3) is 10.0 Å². The van der Waals surface area contributed by atoms with Crippen LogP contribution in [0.1, 0.15) is 16.1 Å². The van der Waals surface area contributed by atoms with Crippen LogP contribution in [0.25, 0.3) is 0 Å². The lowest BCUT2D eigenvalue weighted by molar-refractivity contribution is 0.0697. The summed E-state index contributed by atoms with van der Waals surface area (Å²) < 4.78 is 26.9. The first-order valence-corrected chi connectivity index (χ1v) is 8.55. The molecule has 10 heteroatoms. The van der Waals surface area contributed by atoms with E-state index < -0.39 is 20.9 Å². The Balaban J connectivity index is 2.40. The van der Waals surface area contributed by atoms with E-state index in [-0.39, 0.29) is 25.6 Å². The Morgan fingerprint density at radius 1 is 1.43 bits per heavy atom. The molecule has 0 radical (unpaired) electrons. The number of halogens is 1. The van der Waals surface area contributed by atoms with Gasteiger partial charge in [-0.2, -0.15) is 0 Å². The minimum Gasteiger partial charge on any atom is -0.478 e. The summed E-state index contributed by atoms with van der Waals surface area (Å²) in [5.74, 6) is -1.12. The van der Waals surface area contributed by atoms with Crippen molar-refractivity contribution in [2.24, 2.45) is 0 Å². The van der Waals surface area contributed by atoms with E-state index in [1.165, 1.54) is 25.1 Å². The number of sulfonamides is 1. The van der Waals surface area contributed by atoms with Gasteiger partial charge in [0.2, 0.25) is 0 Å². The van der Waals surface area contributed by atoms with Crippen molar-refractivity contribution in [2.45, 2.75) is 11.1 Å². The van der Waals surface area contributed by atoms with Crippen LogP contribution in [-0.2, 0) is 10.0 Å². The number of aryl methyl sites for hydroxylation is 1. The van der Waals surface area contributed by atoms with Gasteiger partial charge in [0.05, 0.1) is 11.3 Å². The van der Waals surface area contributed by atoms with Crippen LogP contribution in [0.5, 0.6) is 0 Å². The summed E-state index contributed by atoms with van der Waals surface area (Å²) in [5.41, 5.74) is 0.448. The first-order valence-electron chi connectivity index (χ1n) is 5.46. The number of carboxylic acids is 1. The molecule has 112 valence electrons. The van der Waals surface area contributed by atoms with Gasteiger partial charge in [-0.25, -0.2) is 13.2 Å². The molecule has 0 amide bonds. The molecule has 21 heavy (non-hydrogen) atoms. The monoisotopic (exact) mass is 392 g/mol. The van der Waals surface area contributed by atoms with E-state index in [9.17, 15) is 18.0 Å². The molecule has 2 aromatic rings. The predicted molar refractivity (Wildman–Crippen MR) is 81.6 cm³/mol. The van der Waals surface area contributed by atoms with E-state index in [0.29, 0.717) is 11.3 Å². The van der Waals surface area contributed by atoms with Crippen LogP contribution >= 0.6 is 27.3 Å². The molecular formula is C11H9BrN2O5S2. The van der Waals surface area contributed by atoms with Crippen molar-refractivity contribution in [2.75, 3.05) is 4.72 Å². The van der Waals surface area contributed by atoms with Crippen molar-refractivity contribution in [1.82, 2.24) is 4.98 Å². The number of aromatic carboxylic acids is 1. The number of nitrogens with one attached hydrogen (secondary N) is 2. The highest BCUT2D eigenvalue weighted by Gasteiger charge is 2.21. The highest BCUT2D eigenvalue weighted by Crippen LogP contribution is 2.27. The number of aromatic nitrogens is 1. The second-order valence-corrected chi connectivity index (χ2v) is 7.75. The van der Waals surface area contributed by atoms with Gasteiger partial charge in [0.1, 0.15) is 0 Å². The standard InChI is InChI=1S/C11H9BrN2O5S2/c1-5-10(20-11(17)13-5)21(18,19)14-8-3-2-6(9(15)16)4-7(8)12/h2-4,14H,1H3,(H,13,17)(H,15,16). The molecule has 0 fully saturated rings. The van der Waals surface area contributed by atoms with Gasteiger partial charge < -0.3 is 10.1 Å². The Morgan fingerprint density at radius 2 is 2.10 bits per heavy atom. The normalized spacial score (nSPS) is 11.3. The van der Waals surface area contributed by atoms with Crippen LogP contribution < -0.4 is 9.60 Å². The summed E-state index contributed by atoms with van der Waals surface area (Å²) in [5, 5.41) is 8.85. The highest BCUT2D eigenvalue weighted by atomic mass is 79.9. The fourth-order valence-corrected chi connectivity index (χ4v) is 4.56. The van der Waals surface area contributed by atoms with E-state index in [4.69, 9.17) is 5.11 Å². The van der Waals surface area contributed by atoms with Crippen LogP contribution in [0.4, 0.5) is 5.69 Å². The van der Waals surface area contributed by atoms with Crippen LogP contribution in [-0.4, -0.2) is 24.5 Å². The van der Waals surface area contributed by atoms with Crippen molar-refractivity contribution in [1.29, 1.82) is 0 Å². The van der Waals surface area contributed by atoms with Crippen molar-refractivity contribution < 1.29 is 18.3 Å². The number of carboxylic acid groups (broad SMARTS) is 1. The van der Waals surface area contributed by atoms with E-state index >= 15 is 0 Å². The maximum absolute atomic E-state index is 12.2. The molecule has 0 aliphatic heterocycles. The average Bonchev–Trinajstić information content (AvgIpc) is 2.71. The molecule has 2 rings (SSSR count). The summed E-state index contributed by atoms with van der Waals surface area (Å²) in [4.78, 5) is 23.9. The Hall–Kier alpha value is -1.65. The number of hydrogen-bond donors (Lipinski definition) is 3. The largest absolute Gasteiger partial charge is 0.478 e. The number of anilines is 1. The number of rotatable bonds is 4. The molecule has 0 spiro atoms. The van der Waals surface area contributed by atoms with Gasteiger partial charge >= 0.3 is 10.8 Å². The summed E-state index contributed by atoms with van der Waals surface area (Å²) in [7, 11) is -3.92. The molecule has 1 heterocycles. The molecule has 1 aromatic carbocycles. The van der Waals surface area contributed by atoms with E-state index in [2.05, 4.69) is 25.6 Å². The minimum absolute atomic E-state index is 0.0207. The van der Waals surface area contributed by atoms with E-state index in [1.807, 2.05) is 0 Å². The average molecular weight is 393 g/mol. The first kappa shape index (κ1) is 15.7. The number of carbonyl (C=O) groups is 1. The predicted octanol–water partition coefficient (Wildman–Crippen LogP) is 2.01.